The van der Waals surface area contributed by atoms with Gasteiger partial charge >= 0.3 is 0 Å². The van der Waals surface area contributed by atoms with Gasteiger partial charge in [-0.3, -0.25) is 0 Å². The predicted molar refractivity (Wildman–Crippen MR) is 72.0 cm³/mol. The number of aryl methyl sites for hydroxylation is 1. The van der Waals surface area contributed by atoms with Crippen LogP contribution in [0.15, 0.2) is 12.1 Å². The summed E-state index contributed by atoms with van der Waals surface area (Å²) < 4.78 is 0. The number of hydrogen-bond acceptors (Lipinski definition) is 2. The molecule has 0 fully saturated rings. The van der Waals surface area contributed by atoms with Crippen molar-refractivity contribution in [2.75, 3.05) is 0 Å². The summed E-state index contributed by atoms with van der Waals surface area (Å²) in [5, 5.41) is 10.3. The highest BCUT2D eigenvalue weighted by atomic mass is 32.1. The summed E-state index contributed by atoms with van der Waals surface area (Å²) in [6.45, 7) is 6.55. The lowest BCUT2D eigenvalue weighted by atomic mass is 9.92. The SMILES string of the molecule is CCCCC(CC)C(O)c1ccc(CC)s1. The highest BCUT2D eigenvalue weighted by Crippen LogP contribution is 2.33. The highest BCUT2D eigenvalue weighted by molar-refractivity contribution is 7.12. The van der Waals surface area contributed by atoms with Crippen LogP contribution in [0.5, 0.6) is 0 Å². The van der Waals surface area contributed by atoms with Gasteiger partial charge in [0.1, 0.15) is 0 Å². The molecular weight excluding hydrogens is 216 g/mol. The van der Waals surface area contributed by atoms with Crippen LogP contribution in [-0.2, 0) is 6.42 Å². The van der Waals surface area contributed by atoms with E-state index in [-0.39, 0.29) is 6.10 Å². The fourth-order valence-electron chi connectivity index (χ4n) is 2.03. The van der Waals surface area contributed by atoms with E-state index in [0.29, 0.717) is 5.92 Å². The lowest BCUT2D eigenvalue weighted by Crippen LogP contribution is -2.10. The Morgan fingerprint density at radius 3 is 2.50 bits per heavy atom. The molecule has 0 saturated heterocycles. The van der Waals surface area contributed by atoms with E-state index in [1.165, 1.54) is 17.7 Å². The summed E-state index contributed by atoms with van der Waals surface area (Å²) in [5.41, 5.74) is 0. The maximum Gasteiger partial charge on any atom is 0.0910 e. The van der Waals surface area contributed by atoms with Crippen molar-refractivity contribution in [1.82, 2.24) is 0 Å². The van der Waals surface area contributed by atoms with Crippen LogP contribution in [0.2, 0.25) is 0 Å². The van der Waals surface area contributed by atoms with Gasteiger partial charge in [0, 0.05) is 9.75 Å². The van der Waals surface area contributed by atoms with Crippen LogP contribution in [0, 0.1) is 5.92 Å². The van der Waals surface area contributed by atoms with Crippen LogP contribution in [0.25, 0.3) is 0 Å². The number of aliphatic hydroxyl groups is 1. The molecule has 1 N–H and O–H groups in total. The maximum atomic E-state index is 10.3. The van der Waals surface area contributed by atoms with Gasteiger partial charge in [-0.25, -0.2) is 0 Å². The molecule has 0 amide bonds. The molecule has 1 rings (SSSR count). The van der Waals surface area contributed by atoms with E-state index in [0.717, 1.165) is 24.1 Å². The lowest BCUT2D eigenvalue weighted by molar-refractivity contribution is 0.102. The molecule has 0 spiro atoms. The zero-order valence-electron chi connectivity index (χ0n) is 10.7. The molecule has 2 heteroatoms. The maximum absolute atomic E-state index is 10.3. The molecule has 1 aromatic heterocycles. The Balaban J connectivity index is 2.62. The van der Waals surface area contributed by atoms with Crippen LogP contribution in [0.1, 0.15) is 62.3 Å². The van der Waals surface area contributed by atoms with Crippen LogP contribution >= 0.6 is 11.3 Å². The Kier molecular flexibility index (Phi) is 6.07. The number of aliphatic hydroxyl groups excluding tert-OH is 1. The van der Waals surface area contributed by atoms with Gasteiger partial charge in [0.15, 0.2) is 0 Å². The van der Waals surface area contributed by atoms with Crippen molar-refractivity contribution in [2.24, 2.45) is 5.92 Å². The molecule has 2 atom stereocenters. The van der Waals surface area contributed by atoms with Crippen molar-refractivity contribution >= 4 is 11.3 Å². The molecule has 92 valence electrons. The molecule has 0 aromatic carbocycles. The third-order valence-electron chi connectivity index (χ3n) is 3.22. The van der Waals surface area contributed by atoms with Crippen molar-refractivity contribution in [3.8, 4) is 0 Å². The van der Waals surface area contributed by atoms with E-state index in [1.807, 2.05) is 0 Å². The fraction of sp³-hybridized carbons (Fsp3) is 0.714. The van der Waals surface area contributed by atoms with Gasteiger partial charge in [-0.05, 0) is 30.9 Å². The Bertz CT molecular complexity index is 293. The summed E-state index contributed by atoms with van der Waals surface area (Å²) in [4.78, 5) is 2.53. The predicted octanol–water partition coefficient (Wildman–Crippen LogP) is 4.56. The van der Waals surface area contributed by atoms with E-state index in [4.69, 9.17) is 0 Å². The second-order valence-electron chi connectivity index (χ2n) is 4.41. The molecule has 0 aliphatic rings. The van der Waals surface area contributed by atoms with Crippen molar-refractivity contribution in [1.29, 1.82) is 0 Å². The topological polar surface area (TPSA) is 20.2 Å². The molecule has 1 nitrogen and oxygen atoms in total. The summed E-state index contributed by atoms with van der Waals surface area (Å²) >= 11 is 1.77. The van der Waals surface area contributed by atoms with Crippen molar-refractivity contribution < 1.29 is 5.11 Å². The van der Waals surface area contributed by atoms with Crippen molar-refractivity contribution in [2.45, 2.75) is 59.0 Å². The van der Waals surface area contributed by atoms with E-state index < -0.39 is 0 Å². The fourth-order valence-corrected chi connectivity index (χ4v) is 3.06. The van der Waals surface area contributed by atoms with Crippen LogP contribution < -0.4 is 0 Å². The monoisotopic (exact) mass is 240 g/mol. The Morgan fingerprint density at radius 1 is 1.25 bits per heavy atom. The van der Waals surface area contributed by atoms with Crippen molar-refractivity contribution in [3.05, 3.63) is 21.9 Å². The Morgan fingerprint density at radius 2 is 2.00 bits per heavy atom. The largest absolute Gasteiger partial charge is 0.387 e. The number of unbranched alkanes of at least 4 members (excludes halogenated alkanes) is 1. The minimum Gasteiger partial charge on any atom is -0.387 e. The van der Waals surface area contributed by atoms with Crippen LogP contribution in [-0.4, -0.2) is 5.11 Å². The van der Waals surface area contributed by atoms with Gasteiger partial charge in [-0.2, -0.15) is 0 Å². The van der Waals surface area contributed by atoms with Gasteiger partial charge in [0.2, 0.25) is 0 Å². The first kappa shape index (κ1) is 13.7. The first-order valence-electron chi connectivity index (χ1n) is 6.49. The van der Waals surface area contributed by atoms with E-state index in [9.17, 15) is 5.11 Å². The quantitative estimate of drug-likeness (QED) is 0.740. The molecule has 0 bridgehead atoms. The zero-order valence-corrected chi connectivity index (χ0v) is 11.5. The molecule has 0 radical (unpaired) electrons. The summed E-state index contributed by atoms with van der Waals surface area (Å²) in [6.07, 6.45) is 5.48. The first-order valence-corrected chi connectivity index (χ1v) is 7.31. The molecular formula is C14H24OS. The van der Waals surface area contributed by atoms with Crippen LogP contribution in [0.3, 0.4) is 0 Å². The smallest absolute Gasteiger partial charge is 0.0910 e. The molecule has 0 aliphatic carbocycles. The number of hydrogen-bond donors (Lipinski definition) is 1. The van der Waals surface area contributed by atoms with E-state index in [1.54, 1.807) is 11.3 Å². The minimum atomic E-state index is -0.248. The summed E-state index contributed by atoms with van der Waals surface area (Å²) in [7, 11) is 0. The second-order valence-corrected chi connectivity index (χ2v) is 5.61. The second kappa shape index (κ2) is 7.08. The van der Waals surface area contributed by atoms with E-state index in [2.05, 4.69) is 32.9 Å². The summed E-state index contributed by atoms with van der Waals surface area (Å²) in [6, 6.07) is 4.25. The standard InChI is InChI=1S/C14H24OS/c1-4-7-8-11(5-2)14(15)13-10-9-12(6-3)16-13/h9-11,14-15H,4-8H2,1-3H3. The van der Waals surface area contributed by atoms with Gasteiger partial charge < -0.3 is 5.11 Å². The zero-order chi connectivity index (χ0) is 12.0. The molecule has 1 aromatic rings. The molecule has 16 heavy (non-hydrogen) atoms. The van der Waals surface area contributed by atoms with Gasteiger partial charge in [-0.1, -0.05) is 40.0 Å². The van der Waals surface area contributed by atoms with Gasteiger partial charge in [0.25, 0.3) is 0 Å². The summed E-state index contributed by atoms with van der Waals surface area (Å²) in [5.74, 6) is 0.434. The molecule has 1 heterocycles. The Hall–Kier alpha value is -0.340. The minimum absolute atomic E-state index is 0.248. The average molecular weight is 240 g/mol. The number of rotatable bonds is 7. The lowest BCUT2D eigenvalue weighted by Gasteiger charge is -2.20. The highest BCUT2D eigenvalue weighted by Gasteiger charge is 2.20. The van der Waals surface area contributed by atoms with Gasteiger partial charge in [0.05, 0.1) is 6.10 Å². The molecule has 0 aliphatic heterocycles. The Labute approximate surface area is 104 Å². The molecule has 0 saturated carbocycles. The third kappa shape index (κ3) is 3.60. The number of thiophene rings is 1. The third-order valence-corrected chi connectivity index (χ3v) is 4.52. The van der Waals surface area contributed by atoms with E-state index >= 15 is 0 Å². The van der Waals surface area contributed by atoms with Crippen LogP contribution in [0.4, 0.5) is 0 Å². The average Bonchev–Trinajstić information content (AvgIpc) is 2.78. The van der Waals surface area contributed by atoms with Gasteiger partial charge in [-0.15, -0.1) is 11.3 Å². The first-order chi connectivity index (χ1) is 7.72. The molecule has 2 unspecified atom stereocenters. The normalized spacial score (nSPS) is 15.0. The van der Waals surface area contributed by atoms with Crippen molar-refractivity contribution in [3.63, 3.8) is 0 Å².